The van der Waals surface area contributed by atoms with Gasteiger partial charge in [0.1, 0.15) is 11.7 Å². The maximum atomic E-state index is 14.1. The molecule has 28 heavy (non-hydrogen) atoms. The Bertz CT molecular complexity index is 1030. The summed E-state index contributed by atoms with van der Waals surface area (Å²) < 4.78 is 14.1. The molecular formula is C21H20FN5O. The number of hydrogen-bond acceptors (Lipinski definition) is 4. The van der Waals surface area contributed by atoms with E-state index < -0.39 is 11.7 Å². The Morgan fingerprint density at radius 2 is 2.21 bits per heavy atom. The molecule has 4 rings (SSSR count). The third-order valence-electron chi connectivity index (χ3n) is 4.75. The first kappa shape index (κ1) is 17.9. The molecular weight excluding hydrogens is 357 g/mol. The maximum Gasteiger partial charge on any atom is 0.237 e. The predicted octanol–water partition coefficient (Wildman–Crippen LogP) is 3.95. The molecule has 7 heteroatoms. The number of hydrogen-bond donors (Lipinski definition) is 3. The van der Waals surface area contributed by atoms with Crippen molar-refractivity contribution < 1.29 is 9.18 Å². The van der Waals surface area contributed by atoms with Gasteiger partial charge in [0.05, 0.1) is 12.0 Å². The second kappa shape index (κ2) is 7.64. The summed E-state index contributed by atoms with van der Waals surface area (Å²) in [5.41, 5.74) is 4.72. The zero-order valence-electron chi connectivity index (χ0n) is 15.4. The fourth-order valence-corrected chi connectivity index (χ4v) is 3.29. The van der Waals surface area contributed by atoms with Crippen molar-refractivity contribution in [2.24, 2.45) is 4.99 Å². The van der Waals surface area contributed by atoms with Crippen molar-refractivity contribution >= 4 is 29.2 Å². The smallest absolute Gasteiger partial charge is 0.237 e. The lowest BCUT2D eigenvalue weighted by Gasteiger charge is -2.10. The van der Waals surface area contributed by atoms with Crippen LogP contribution in [-0.4, -0.2) is 28.6 Å². The van der Waals surface area contributed by atoms with Crippen LogP contribution >= 0.6 is 0 Å². The lowest BCUT2D eigenvalue weighted by Crippen LogP contribution is -2.13. The van der Waals surface area contributed by atoms with Crippen molar-refractivity contribution in [3.8, 4) is 0 Å². The number of anilines is 2. The third-order valence-corrected chi connectivity index (χ3v) is 4.75. The van der Waals surface area contributed by atoms with E-state index in [9.17, 15) is 9.18 Å². The number of benzene rings is 2. The van der Waals surface area contributed by atoms with Gasteiger partial charge in [-0.2, -0.15) is 0 Å². The van der Waals surface area contributed by atoms with Crippen LogP contribution in [0.2, 0.25) is 0 Å². The Kier molecular flexibility index (Phi) is 4.89. The number of rotatable bonds is 6. The molecule has 6 nitrogen and oxygen atoms in total. The molecule has 2 aromatic carbocycles. The van der Waals surface area contributed by atoms with Gasteiger partial charge >= 0.3 is 0 Å². The highest BCUT2D eigenvalue weighted by atomic mass is 19.1. The van der Waals surface area contributed by atoms with Gasteiger partial charge in [0.15, 0.2) is 0 Å². The van der Waals surface area contributed by atoms with Crippen LogP contribution in [0.5, 0.6) is 0 Å². The summed E-state index contributed by atoms with van der Waals surface area (Å²) in [5, 5.41) is 6.08. The minimum atomic E-state index is -0.719. The summed E-state index contributed by atoms with van der Waals surface area (Å²) >= 11 is 0. The van der Waals surface area contributed by atoms with E-state index >= 15 is 0 Å². The quantitative estimate of drug-likeness (QED) is 0.569. The number of amides is 1. The van der Waals surface area contributed by atoms with E-state index in [-0.39, 0.29) is 5.91 Å². The van der Waals surface area contributed by atoms with E-state index in [1.165, 1.54) is 12.3 Å². The van der Waals surface area contributed by atoms with E-state index in [1.807, 2.05) is 31.3 Å². The van der Waals surface area contributed by atoms with E-state index in [2.05, 4.69) is 25.6 Å². The normalized spacial score (nSPS) is 15.6. The van der Waals surface area contributed by atoms with Crippen molar-refractivity contribution in [3.05, 3.63) is 71.6 Å². The van der Waals surface area contributed by atoms with E-state index in [4.69, 9.17) is 0 Å². The Hall–Kier alpha value is -3.48. The minimum absolute atomic E-state index is 0.266. The van der Waals surface area contributed by atoms with E-state index in [0.717, 1.165) is 29.9 Å². The standard InChI is InChI=1S/C21H20FN5O/c1-13-9-14(5-6-18(13)24-8-7-15-10-23-12-26-15)25-11-16-20-17(22)3-2-4-19(20)27-21(16)28/h2-6,9-12,16,24H,7-8H2,1H3,(H,23,26)(H,27,28). The van der Waals surface area contributed by atoms with Crippen molar-refractivity contribution in [2.75, 3.05) is 17.2 Å². The van der Waals surface area contributed by atoms with Crippen LogP contribution in [0, 0.1) is 12.7 Å². The first-order chi connectivity index (χ1) is 13.6. The first-order valence-corrected chi connectivity index (χ1v) is 9.07. The van der Waals surface area contributed by atoms with Crippen molar-refractivity contribution in [1.82, 2.24) is 9.97 Å². The number of halogens is 1. The lowest BCUT2D eigenvalue weighted by atomic mass is 10.0. The number of aryl methyl sites for hydroxylation is 1. The predicted molar refractivity (Wildman–Crippen MR) is 108 cm³/mol. The number of aromatic nitrogens is 2. The van der Waals surface area contributed by atoms with Gasteiger partial charge in [-0.05, 0) is 42.8 Å². The van der Waals surface area contributed by atoms with Crippen molar-refractivity contribution in [3.63, 3.8) is 0 Å². The SMILES string of the molecule is Cc1cc(N=CC2C(=O)Nc3cccc(F)c32)ccc1NCCc1cnc[nH]1. The number of fused-ring (bicyclic) bond motifs is 1. The number of aromatic amines is 1. The molecule has 0 fully saturated rings. The molecule has 1 atom stereocenters. The highest BCUT2D eigenvalue weighted by molar-refractivity contribution is 6.12. The topological polar surface area (TPSA) is 82.2 Å². The second-order valence-electron chi connectivity index (χ2n) is 6.70. The fraction of sp³-hybridized carbons (Fsp3) is 0.190. The van der Waals surface area contributed by atoms with Crippen molar-refractivity contribution in [2.45, 2.75) is 19.3 Å². The number of nitrogens with zero attached hydrogens (tertiary/aromatic N) is 2. The van der Waals surface area contributed by atoms with Crippen LogP contribution in [-0.2, 0) is 11.2 Å². The Balaban J connectivity index is 1.44. The zero-order chi connectivity index (χ0) is 19.5. The highest BCUT2D eigenvalue weighted by Gasteiger charge is 2.31. The first-order valence-electron chi connectivity index (χ1n) is 9.07. The summed E-state index contributed by atoms with van der Waals surface area (Å²) in [7, 11) is 0. The molecule has 0 aliphatic carbocycles. The molecule has 1 aliphatic heterocycles. The molecule has 0 bridgehead atoms. The Morgan fingerprint density at radius 1 is 1.32 bits per heavy atom. The Morgan fingerprint density at radius 3 is 3.00 bits per heavy atom. The molecule has 0 spiro atoms. The summed E-state index contributed by atoms with van der Waals surface area (Å²) in [6.07, 6.45) is 5.83. The zero-order valence-corrected chi connectivity index (χ0v) is 15.4. The molecule has 1 amide bonds. The van der Waals surface area contributed by atoms with Gasteiger partial charge < -0.3 is 15.6 Å². The van der Waals surface area contributed by atoms with Gasteiger partial charge in [-0.25, -0.2) is 9.37 Å². The number of carbonyl (C=O) groups excluding carboxylic acids is 1. The van der Waals surface area contributed by atoms with E-state index in [0.29, 0.717) is 16.9 Å². The highest BCUT2D eigenvalue weighted by Crippen LogP contribution is 2.34. The molecule has 0 saturated heterocycles. The largest absolute Gasteiger partial charge is 0.384 e. The average molecular weight is 377 g/mol. The monoisotopic (exact) mass is 377 g/mol. The fourth-order valence-electron chi connectivity index (χ4n) is 3.29. The maximum absolute atomic E-state index is 14.1. The molecule has 3 N–H and O–H groups in total. The van der Waals surface area contributed by atoms with Crippen LogP contribution < -0.4 is 10.6 Å². The molecule has 1 aromatic heterocycles. The van der Waals surface area contributed by atoms with Crippen LogP contribution in [0.15, 0.2) is 53.9 Å². The molecule has 1 aliphatic rings. The van der Waals surface area contributed by atoms with Crippen LogP contribution in [0.25, 0.3) is 0 Å². The molecule has 1 unspecified atom stereocenters. The Labute approximate surface area is 161 Å². The summed E-state index contributed by atoms with van der Waals surface area (Å²) in [6, 6.07) is 10.4. The van der Waals surface area contributed by atoms with Crippen LogP contribution in [0.3, 0.4) is 0 Å². The molecule has 2 heterocycles. The average Bonchev–Trinajstić information content (AvgIpc) is 3.29. The lowest BCUT2D eigenvalue weighted by molar-refractivity contribution is -0.115. The number of carbonyl (C=O) groups is 1. The minimum Gasteiger partial charge on any atom is -0.384 e. The third kappa shape index (κ3) is 3.64. The number of H-pyrrole nitrogens is 1. The molecule has 0 saturated carbocycles. The van der Waals surface area contributed by atoms with Gasteiger partial charge in [-0.15, -0.1) is 0 Å². The van der Waals surface area contributed by atoms with Gasteiger partial charge in [0, 0.05) is 48.0 Å². The van der Waals surface area contributed by atoms with Crippen LogP contribution in [0.1, 0.15) is 22.7 Å². The molecule has 3 aromatic rings. The van der Waals surface area contributed by atoms with Crippen LogP contribution in [0.4, 0.5) is 21.5 Å². The number of aliphatic imine (C=N–C) groups is 1. The van der Waals surface area contributed by atoms with E-state index in [1.54, 1.807) is 18.5 Å². The number of nitrogens with one attached hydrogen (secondary N) is 3. The van der Waals surface area contributed by atoms with Gasteiger partial charge in [0.2, 0.25) is 5.91 Å². The van der Waals surface area contributed by atoms with Gasteiger partial charge in [-0.1, -0.05) is 6.07 Å². The molecule has 142 valence electrons. The molecule has 0 radical (unpaired) electrons. The summed E-state index contributed by atoms with van der Waals surface area (Å²) in [5.74, 6) is -1.39. The number of imidazole rings is 1. The van der Waals surface area contributed by atoms with Gasteiger partial charge in [0.25, 0.3) is 0 Å². The second-order valence-corrected chi connectivity index (χ2v) is 6.70. The summed E-state index contributed by atoms with van der Waals surface area (Å²) in [6.45, 7) is 2.78. The van der Waals surface area contributed by atoms with Crippen molar-refractivity contribution in [1.29, 1.82) is 0 Å². The summed E-state index contributed by atoms with van der Waals surface area (Å²) in [4.78, 5) is 23.6. The van der Waals surface area contributed by atoms with Gasteiger partial charge in [-0.3, -0.25) is 9.79 Å².